The largest absolute Gasteiger partial charge is 0.394 e. The molecular weight excluding hydrogens is 334 g/mol. The van der Waals surface area contributed by atoms with Crippen LogP contribution >= 0.6 is 11.8 Å². The molecule has 1 fully saturated rings. The molecule has 2 aromatic heterocycles. The first-order valence-electron chi connectivity index (χ1n) is 7.65. The van der Waals surface area contributed by atoms with E-state index in [-0.39, 0.29) is 12.4 Å². The second kappa shape index (κ2) is 7.43. The molecule has 130 valence electrons. The van der Waals surface area contributed by atoms with Gasteiger partial charge in [0.2, 0.25) is 0 Å². The van der Waals surface area contributed by atoms with Crippen LogP contribution in [0.2, 0.25) is 0 Å². The molecule has 1 aliphatic heterocycles. The number of carbonyl (C=O) groups is 1. The van der Waals surface area contributed by atoms with Crippen LogP contribution in [0.1, 0.15) is 25.5 Å². The molecule has 0 spiro atoms. The number of nitrogen functional groups attached to an aromatic ring is 1. The van der Waals surface area contributed by atoms with E-state index in [1.165, 1.54) is 18.1 Å². The number of nitrogens with two attached hydrogens (primary N) is 1. The maximum Gasteiger partial charge on any atom is 0.172 e. The molecule has 1 aliphatic rings. The summed E-state index contributed by atoms with van der Waals surface area (Å²) in [4.78, 5) is 23.1. The summed E-state index contributed by atoms with van der Waals surface area (Å²) in [6.07, 6.45) is 1.88. The van der Waals surface area contributed by atoms with Gasteiger partial charge in [-0.15, -0.1) is 0 Å². The van der Waals surface area contributed by atoms with Crippen LogP contribution in [-0.4, -0.2) is 60.6 Å². The number of aldehydes is 1. The van der Waals surface area contributed by atoms with E-state index in [9.17, 15) is 15.0 Å². The Bertz CT molecular complexity index is 724. The van der Waals surface area contributed by atoms with E-state index in [4.69, 9.17) is 10.5 Å². The lowest BCUT2D eigenvalue weighted by Gasteiger charge is -2.16. The molecule has 1 saturated heterocycles. The van der Waals surface area contributed by atoms with Gasteiger partial charge < -0.3 is 25.5 Å². The van der Waals surface area contributed by atoms with E-state index in [1.54, 1.807) is 4.57 Å². The number of imidazole rings is 1. The summed E-state index contributed by atoms with van der Waals surface area (Å²) >= 11 is 1.46. The summed E-state index contributed by atoms with van der Waals surface area (Å²) in [6.45, 7) is -0.261. The van der Waals surface area contributed by atoms with Gasteiger partial charge in [-0.2, -0.15) is 0 Å². The summed E-state index contributed by atoms with van der Waals surface area (Å²) in [7, 11) is 0. The molecule has 3 heterocycles. The number of aliphatic hydroxyl groups excluding tert-OH is 2. The Morgan fingerprint density at radius 1 is 1.50 bits per heavy atom. The number of aromatic nitrogens is 4. The zero-order chi connectivity index (χ0) is 17.1. The third-order valence-electron chi connectivity index (χ3n) is 3.84. The predicted molar refractivity (Wildman–Crippen MR) is 87.4 cm³/mol. The Kier molecular flexibility index (Phi) is 5.29. The number of hydrogen-bond donors (Lipinski definition) is 3. The first kappa shape index (κ1) is 17.1. The number of thioether (sulfide) groups is 1. The topological polar surface area (TPSA) is 136 Å². The van der Waals surface area contributed by atoms with E-state index in [0.717, 1.165) is 12.7 Å². The van der Waals surface area contributed by atoms with Crippen LogP contribution in [0.15, 0.2) is 11.5 Å². The number of fused-ring (bicyclic) bond motifs is 1. The van der Waals surface area contributed by atoms with Gasteiger partial charge in [-0.05, 0) is 6.42 Å². The van der Waals surface area contributed by atoms with Crippen LogP contribution in [0.4, 0.5) is 5.82 Å². The van der Waals surface area contributed by atoms with Crippen molar-refractivity contribution in [3.8, 4) is 0 Å². The van der Waals surface area contributed by atoms with Crippen LogP contribution in [0.25, 0.3) is 11.2 Å². The smallest absolute Gasteiger partial charge is 0.172 e. The fourth-order valence-electron chi connectivity index (χ4n) is 2.64. The van der Waals surface area contributed by atoms with Crippen LogP contribution in [0.5, 0.6) is 0 Å². The van der Waals surface area contributed by atoms with E-state index in [2.05, 4.69) is 15.0 Å². The maximum absolute atomic E-state index is 10.4. The van der Waals surface area contributed by atoms with Crippen molar-refractivity contribution in [2.45, 2.75) is 42.9 Å². The van der Waals surface area contributed by atoms with Crippen molar-refractivity contribution in [1.29, 1.82) is 0 Å². The van der Waals surface area contributed by atoms with Crippen LogP contribution < -0.4 is 5.73 Å². The van der Waals surface area contributed by atoms with Gasteiger partial charge in [-0.3, -0.25) is 4.57 Å². The molecule has 0 saturated carbocycles. The highest BCUT2D eigenvalue weighted by Gasteiger charge is 2.36. The fraction of sp³-hybridized carbons (Fsp3) is 0.571. The molecule has 3 atom stereocenters. The predicted octanol–water partition coefficient (Wildman–Crippen LogP) is 0.120. The molecule has 0 aromatic carbocycles. The zero-order valence-corrected chi connectivity index (χ0v) is 13.7. The second-order valence-electron chi connectivity index (χ2n) is 5.47. The highest BCUT2D eigenvalue weighted by Crippen LogP contribution is 2.36. The third-order valence-corrected chi connectivity index (χ3v) is 4.88. The quantitative estimate of drug-likeness (QED) is 0.360. The van der Waals surface area contributed by atoms with Crippen molar-refractivity contribution in [2.24, 2.45) is 0 Å². The monoisotopic (exact) mass is 353 g/mol. The van der Waals surface area contributed by atoms with Crippen molar-refractivity contribution < 1.29 is 19.7 Å². The highest BCUT2D eigenvalue weighted by atomic mass is 32.2. The second-order valence-corrected chi connectivity index (χ2v) is 6.53. The molecule has 3 rings (SSSR count). The fourth-order valence-corrected chi connectivity index (χ4v) is 3.63. The molecule has 0 aliphatic carbocycles. The van der Waals surface area contributed by atoms with E-state index >= 15 is 0 Å². The van der Waals surface area contributed by atoms with Crippen LogP contribution in [0.3, 0.4) is 0 Å². The molecule has 9 nitrogen and oxygen atoms in total. The number of carbonyl (C=O) groups excluding carboxylic acids is 1. The molecule has 2 aromatic rings. The molecule has 4 N–H and O–H groups in total. The lowest BCUT2D eigenvalue weighted by Crippen LogP contribution is -2.24. The number of anilines is 1. The average Bonchev–Trinajstić information content (AvgIpc) is 3.12. The van der Waals surface area contributed by atoms with Gasteiger partial charge in [0.25, 0.3) is 0 Å². The minimum absolute atomic E-state index is 0.261. The maximum atomic E-state index is 10.4. The Morgan fingerprint density at radius 3 is 3.04 bits per heavy atom. The highest BCUT2D eigenvalue weighted by molar-refractivity contribution is 7.99. The zero-order valence-electron chi connectivity index (χ0n) is 12.9. The SMILES string of the molecule is Nc1ncnc2c1nc(SCCCC=O)n2[C@H]1CC(O)[C@@H](CO)O1. The average molecular weight is 353 g/mol. The van der Waals surface area contributed by atoms with Crippen molar-refractivity contribution in [1.82, 2.24) is 19.5 Å². The van der Waals surface area contributed by atoms with Gasteiger partial charge in [0.15, 0.2) is 22.1 Å². The number of aliphatic hydroxyl groups is 2. The third kappa shape index (κ3) is 3.22. The van der Waals surface area contributed by atoms with Gasteiger partial charge >= 0.3 is 0 Å². The minimum Gasteiger partial charge on any atom is -0.394 e. The standard InChI is InChI=1S/C14H19N5O4S/c15-12-11-13(17-7-16-12)19(10-5-8(22)9(6-21)23-10)14(18-11)24-4-2-1-3-20/h3,7-10,21-22H,1-2,4-6H2,(H2,15,16,17)/t8?,9-,10-/m1/s1. The molecule has 0 radical (unpaired) electrons. The Morgan fingerprint density at radius 2 is 2.33 bits per heavy atom. The van der Waals surface area contributed by atoms with Crippen molar-refractivity contribution in [2.75, 3.05) is 18.1 Å². The summed E-state index contributed by atoms with van der Waals surface area (Å²) in [5.41, 5.74) is 6.88. The van der Waals surface area contributed by atoms with Crippen molar-refractivity contribution in [3.63, 3.8) is 0 Å². The summed E-state index contributed by atoms with van der Waals surface area (Å²) in [5, 5.41) is 19.9. The van der Waals surface area contributed by atoms with Crippen LogP contribution in [0, 0.1) is 0 Å². The van der Waals surface area contributed by atoms with Crippen LogP contribution in [-0.2, 0) is 9.53 Å². The number of ether oxygens (including phenoxy) is 1. The molecule has 24 heavy (non-hydrogen) atoms. The number of hydrogen-bond acceptors (Lipinski definition) is 9. The Labute approximate surface area is 142 Å². The van der Waals surface area contributed by atoms with Gasteiger partial charge in [0.1, 0.15) is 24.9 Å². The summed E-state index contributed by atoms with van der Waals surface area (Å²) < 4.78 is 7.51. The summed E-state index contributed by atoms with van der Waals surface area (Å²) in [6, 6.07) is 0. The Balaban J connectivity index is 1.94. The van der Waals surface area contributed by atoms with Gasteiger partial charge in [-0.25, -0.2) is 15.0 Å². The molecular formula is C14H19N5O4S. The van der Waals surface area contributed by atoms with E-state index in [1.807, 2.05) is 0 Å². The van der Waals surface area contributed by atoms with Crippen molar-refractivity contribution >= 4 is 35.0 Å². The Hall–Kier alpha value is -1.75. The number of nitrogens with zero attached hydrogens (tertiary/aromatic N) is 4. The van der Waals surface area contributed by atoms with E-state index < -0.39 is 18.4 Å². The normalized spacial score (nSPS) is 23.8. The van der Waals surface area contributed by atoms with Gasteiger partial charge in [0.05, 0.1) is 12.7 Å². The molecule has 10 heteroatoms. The lowest BCUT2D eigenvalue weighted by atomic mass is 10.2. The molecule has 0 amide bonds. The minimum atomic E-state index is -0.760. The number of rotatable bonds is 7. The van der Waals surface area contributed by atoms with Crippen molar-refractivity contribution in [3.05, 3.63) is 6.33 Å². The first-order chi connectivity index (χ1) is 11.7. The molecule has 1 unspecified atom stereocenters. The molecule has 0 bridgehead atoms. The lowest BCUT2D eigenvalue weighted by molar-refractivity contribution is -0.107. The van der Waals surface area contributed by atoms with Gasteiger partial charge in [0, 0.05) is 18.6 Å². The first-order valence-corrected chi connectivity index (χ1v) is 8.63. The van der Waals surface area contributed by atoms with E-state index in [0.29, 0.717) is 34.9 Å². The number of unbranched alkanes of at least 4 members (excludes halogenated alkanes) is 1. The summed E-state index contributed by atoms with van der Waals surface area (Å²) in [5.74, 6) is 0.972. The van der Waals surface area contributed by atoms with Gasteiger partial charge in [-0.1, -0.05) is 11.8 Å².